The molecule has 0 aliphatic heterocycles. The van der Waals surface area contributed by atoms with Crippen LogP contribution in [0.3, 0.4) is 0 Å². The number of methoxy groups -OCH3 is 1. The lowest BCUT2D eigenvalue weighted by molar-refractivity contribution is -0.126. The summed E-state index contributed by atoms with van der Waals surface area (Å²) in [4.78, 5) is 23.8. The van der Waals surface area contributed by atoms with E-state index in [-0.39, 0.29) is 17.9 Å². The number of carbonyl (C=O) groups excluding carboxylic acids is 1. The van der Waals surface area contributed by atoms with E-state index >= 15 is 0 Å². The monoisotopic (exact) mass is 338 g/mol. The summed E-state index contributed by atoms with van der Waals surface area (Å²) in [5.74, 6) is 0.823. The number of nitrogens with one attached hydrogen (secondary N) is 2. The minimum atomic E-state index is -0.352. The Bertz CT molecular complexity index is 931. The number of amides is 1. The van der Waals surface area contributed by atoms with Crippen LogP contribution in [0.5, 0.6) is 5.88 Å². The number of hydrogen-bond acceptors (Lipinski definition) is 5. The average Bonchev–Trinajstić information content (AvgIpc) is 3.02. The van der Waals surface area contributed by atoms with E-state index in [1.165, 1.54) is 0 Å². The molecule has 1 aliphatic rings. The zero-order chi connectivity index (χ0) is 17.4. The molecule has 1 aliphatic carbocycles. The molecule has 1 amide bonds. The molecule has 3 aromatic heterocycles. The minimum Gasteiger partial charge on any atom is -0.481 e. The summed E-state index contributed by atoms with van der Waals surface area (Å²) in [5, 5.41) is 13.1. The largest absolute Gasteiger partial charge is 0.481 e. The van der Waals surface area contributed by atoms with Gasteiger partial charge in [0.15, 0.2) is 0 Å². The summed E-state index contributed by atoms with van der Waals surface area (Å²) in [6, 6.07) is 7.54. The summed E-state index contributed by atoms with van der Waals surface area (Å²) in [5.41, 5.74) is 2.75. The van der Waals surface area contributed by atoms with Crippen molar-refractivity contribution in [3.63, 3.8) is 0 Å². The topological polar surface area (TPSA) is 100 Å². The molecule has 0 atom stereocenters. The van der Waals surface area contributed by atoms with E-state index in [9.17, 15) is 9.90 Å². The van der Waals surface area contributed by atoms with E-state index in [4.69, 9.17) is 4.74 Å². The van der Waals surface area contributed by atoms with Crippen molar-refractivity contribution in [2.24, 2.45) is 5.92 Å². The Morgan fingerprint density at radius 3 is 2.92 bits per heavy atom. The Kier molecular flexibility index (Phi) is 3.85. The number of anilines is 1. The van der Waals surface area contributed by atoms with Crippen LogP contribution in [0, 0.1) is 5.92 Å². The van der Waals surface area contributed by atoms with Gasteiger partial charge in [0, 0.05) is 47.1 Å². The van der Waals surface area contributed by atoms with Crippen molar-refractivity contribution in [1.29, 1.82) is 0 Å². The zero-order valence-electron chi connectivity index (χ0n) is 13.7. The van der Waals surface area contributed by atoms with E-state index in [1.54, 1.807) is 19.5 Å². The van der Waals surface area contributed by atoms with Gasteiger partial charge in [-0.3, -0.25) is 4.79 Å². The first-order chi connectivity index (χ1) is 12.1. The quantitative estimate of drug-likeness (QED) is 0.678. The number of fused-ring (bicyclic) bond motifs is 1. The van der Waals surface area contributed by atoms with Crippen molar-refractivity contribution in [1.82, 2.24) is 15.0 Å². The molecule has 0 saturated heterocycles. The molecule has 25 heavy (non-hydrogen) atoms. The fourth-order valence-electron chi connectivity index (χ4n) is 2.97. The van der Waals surface area contributed by atoms with Crippen molar-refractivity contribution < 1.29 is 14.6 Å². The Morgan fingerprint density at radius 2 is 2.16 bits per heavy atom. The van der Waals surface area contributed by atoms with Crippen molar-refractivity contribution in [3.8, 4) is 17.1 Å². The smallest absolute Gasteiger partial charge is 0.228 e. The standard InChI is InChI=1S/C18H18N4O3/c1-25-17-7-10(2-3-19-17)14-6-12-9-20-16(8-15(12)21-14)22-18(24)11-4-13(23)5-11/h2-3,6-9,11,13,21,23H,4-5H2,1H3,(H,20,22,24)/t11-,13-. The maximum absolute atomic E-state index is 12.1. The number of pyridine rings is 2. The Hall–Kier alpha value is -2.93. The third kappa shape index (κ3) is 3.06. The first kappa shape index (κ1) is 15.6. The van der Waals surface area contributed by atoms with Gasteiger partial charge in [-0.2, -0.15) is 0 Å². The Labute approximate surface area is 144 Å². The number of H-pyrrole nitrogens is 1. The minimum absolute atomic E-state index is 0.0946. The van der Waals surface area contributed by atoms with Crippen LogP contribution in [-0.4, -0.2) is 39.2 Å². The molecule has 0 spiro atoms. The lowest BCUT2D eigenvalue weighted by Crippen LogP contribution is -2.37. The number of aliphatic hydroxyl groups excluding tert-OH is 1. The van der Waals surface area contributed by atoms with Gasteiger partial charge in [-0.05, 0) is 25.0 Å². The summed E-state index contributed by atoms with van der Waals surface area (Å²) in [6.07, 6.45) is 4.10. The predicted molar refractivity (Wildman–Crippen MR) is 93.2 cm³/mol. The summed E-state index contributed by atoms with van der Waals surface area (Å²) in [6.45, 7) is 0. The number of aromatic nitrogens is 3. The van der Waals surface area contributed by atoms with Crippen LogP contribution in [0.2, 0.25) is 0 Å². The molecule has 3 heterocycles. The van der Waals surface area contributed by atoms with Gasteiger partial charge in [-0.15, -0.1) is 0 Å². The van der Waals surface area contributed by atoms with Crippen molar-refractivity contribution in [2.45, 2.75) is 18.9 Å². The maximum Gasteiger partial charge on any atom is 0.228 e. The van der Waals surface area contributed by atoms with Gasteiger partial charge >= 0.3 is 0 Å². The Balaban J connectivity index is 1.57. The van der Waals surface area contributed by atoms with Gasteiger partial charge in [0.1, 0.15) is 5.82 Å². The van der Waals surface area contributed by atoms with Gasteiger partial charge in [0.05, 0.1) is 18.7 Å². The molecule has 3 N–H and O–H groups in total. The third-order valence-corrected chi connectivity index (χ3v) is 4.49. The highest BCUT2D eigenvalue weighted by Gasteiger charge is 2.33. The number of hydrogen-bond donors (Lipinski definition) is 3. The molecule has 0 aromatic carbocycles. The lowest BCUT2D eigenvalue weighted by atomic mass is 9.82. The summed E-state index contributed by atoms with van der Waals surface area (Å²) >= 11 is 0. The highest BCUT2D eigenvalue weighted by molar-refractivity contribution is 5.94. The normalized spacial score (nSPS) is 19.4. The molecule has 1 saturated carbocycles. The van der Waals surface area contributed by atoms with Crippen LogP contribution in [-0.2, 0) is 4.79 Å². The van der Waals surface area contributed by atoms with Crippen LogP contribution >= 0.6 is 0 Å². The van der Waals surface area contributed by atoms with Crippen LogP contribution in [0.1, 0.15) is 12.8 Å². The molecule has 7 nitrogen and oxygen atoms in total. The van der Waals surface area contributed by atoms with Gasteiger partial charge in [0.25, 0.3) is 0 Å². The van der Waals surface area contributed by atoms with Crippen LogP contribution < -0.4 is 10.1 Å². The molecule has 3 aromatic rings. The van der Waals surface area contributed by atoms with E-state index in [2.05, 4.69) is 20.3 Å². The maximum atomic E-state index is 12.1. The number of nitrogens with zero attached hydrogens (tertiary/aromatic N) is 2. The van der Waals surface area contributed by atoms with Gasteiger partial charge < -0.3 is 20.1 Å². The molecular weight excluding hydrogens is 320 g/mol. The van der Waals surface area contributed by atoms with Gasteiger partial charge in [-0.1, -0.05) is 0 Å². The lowest BCUT2D eigenvalue weighted by Gasteiger charge is -2.29. The molecule has 0 bridgehead atoms. The van der Waals surface area contributed by atoms with Gasteiger partial charge in [0.2, 0.25) is 11.8 Å². The third-order valence-electron chi connectivity index (χ3n) is 4.49. The van der Waals surface area contributed by atoms with Crippen molar-refractivity contribution in [3.05, 3.63) is 36.7 Å². The van der Waals surface area contributed by atoms with Crippen LogP contribution in [0.15, 0.2) is 36.7 Å². The van der Waals surface area contributed by atoms with Crippen molar-refractivity contribution in [2.75, 3.05) is 12.4 Å². The fourth-order valence-corrected chi connectivity index (χ4v) is 2.97. The van der Waals surface area contributed by atoms with E-state index in [0.29, 0.717) is 24.5 Å². The molecule has 0 unspecified atom stereocenters. The molecule has 128 valence electrons. The molecule has 4 rings (SSSR count). The van der Waals surface area contributed by atoms with E-state index in [1.807, 2.05) is 24.3 Å². The van der Waals surface area contributed by atoms with Crippen LogP contribution in [0.25, 0.3) is 22.2 Å². The van der Waals surface area contributed by atoms with Crippen molar-refractivity contribution >= 4 is 22.6 Å². The highest BCUT2D eigenvalue weighted by Crippen LogP contribution is 2.29. The molecular formula is C18H18N4O3. The molecule has 7 heteroatoms. The fraction of sp³-hybridized carbons (Fsp3) is 0.278. The Morgan fingerprint density at radius 1 is 1.32 bits per heavy atom. The van der Waals surface area contributed by atoms with Crippen LogP contribution in [0.4, 0.5) is 5.82 Å². The first-order valence-corrected chi connectivity index (χ1v) is 8.10. The highest BCUT2D eigenvalue weighted by atomic mass is 16.5. The predicted octanol–water partition coefficient (Wildman–Crippen LogP) is 2.34. The second-order valence-electron chi connectivity index (χ2n) is 6.24. The average molecular weight is 338 g/mol. The molecule has 0 radical (unpaired) electrons. The number of aromatic amines is 1. The van der Waals surface area contributed by atoms with Gasteiger partial charge in [-0.25, -0.2) is 9.97 Å². The number of aliphatic hydroxyl groups is 1. The van der Waals surface area contributed by atoms with E-state index in [0.717, 1.165) is 22.2 Å². The number of ether oxygens (including phenoxy) is 1. The SMILES string of the molecule is COc1cc(-c2cc3cnc(NC(=O)[C@H]4C[C@H](O)C4)cc3[nH]2)ccn1. The summed E-state index contributed by atoms with van der Waals surface area (Å²) < 4.78 is 5.16. The first-order valence-electron chi connectivity index (χ1n) is 8.10. The number of carbonyl (C=O) groups is 1. The summed E-state index contributed by atoms with van der Waals surface area (Å²) in [7, 11) is 1.58. The second kappa shape index (κ2) is 6.18. The number of rotatable bonds is 4. The zero-order valence-corrected chi connectivity index (χ0v) is 13.7. The molecule has 1 fully saturated rings. The second-order valence-corrected chi connectivity index (χ2v) is 6.24. The van der Waals surface area contributed by atoms with E-state index < -0.39 is 0 Å².